The van der Waals surface area contributed by atoms with Crippen molar-refractivity contribution in [1.82, 2.24) is 19.7 Å². The molecule has 2 aromatic rings. The molecule has 0 radical (unpaired) electrons. The second kappa shape index (κ2) is 6.93. The number of hydrogen-bond acceptors (Lipinski definition) is 6. The van der Waals surface area contributed by atoms with Crippen molar-refractivity contribution >= 4 is 26.8 Å². The molecule has 1 aliphatic rings. The number of aliphatic hydroxyl groups excluding tert-OH is 1. The van der Waals surface area contributed by atoms with E-state index in [9.17, 15) is 5.11 Å². The summed E-state index contributed by atoms with van der Waals surface area (Å²) >= 11 is 1.68. The van der Waals surface area contributed by atoms with Crippen LogP contribution in [0.4, 0.5) is 5.13 Å². The predicted octanol–water partition coefficient (Wildman–Crippen LogP) is 1.84. The molecule has 122 valence electrons. The minimum Gasteiger partial charge on any atom is -0.396 e. The molecule has 1 atom stereocenters. The summed E-state index contributed by atoms with van der Waals surface area (Å²) in [7, 11) is 1.94. The Balaban J connectivity index is 1.45. The number of aryl methyl sites for hydroxylation is 2. The molecule has 2 N–H and O–H groups in total. The maximum atomic E-state index is 9.27. The first-order valence-corrected chi connectivity index (χ1v) is 8.86. The van der Waals surface area contributed by atoms with Crippen molar-refractivity contribution in [2.24, 2.45) is 13.0 Å². The highest BCUT2D eigenvalue weighted by Crippen LogP contribution is 2.27. The van der Waals surface area contributed by atoms with Gasteiger partial charge in [0.15, 0.2) is 10.8 Å². The van der Waals surface area contributed by atoms with Gasteiger partial charge in [-0.25, -0.2) is 9.67 Å². The summed E-state index contributed by atoms with van der Waals surface area (Å²) in [4.78, 5) is 7.07. The fourth-order valence-electron chi connectivity index (χ4n) is 3.16. The van der Waals surface area contributed by atoms with Gasteiger partial charge in [-0.15, -0.1) is 0 Å². The maximum absolute atomic E-state index is 9.27. The zero-order chi connectivity index (χ0) is 15.5. The normalized spacial score (nSPS) is 19.9. The monoisotopic (exact) mass is 323 g/mol. The third kappa shape index (κ3) is 3.42. The van der Waals surface area contributed by atoms with E-state index in [1.807, 2.05) is 18.7 Å². The number of fused-ring (bicyclic) bond motifs is 1. The van der Waals surface area contributed by atoms with Gasteiger partial charge in [0.1, 0.15) is 0 Å². The van der Waals surface area contributed by atoms with E-state index < -0.39 is 0 Å². The number of aliphatic hydroxyl groups is 1. The molecule has 1 aliphatic heterocycles. The second-order valence-corrected chi connectivity index (χ2v) is 7.15. The highest BCUT2D eigenvalue weighted by molar-refractivity contribution is 7.22. The first-order valence-electron chi connectivity index (χ1n) is 8.04. The van der Waals surface area contributed by atoms with Gasteiger partial charge in [0.25, 0.3) is 0 Å². The molecular formula is C15H25N5OS. The standard InChI is InChI=1S/C15H25N5OS/c1-11-13-14(19(2)18-11)17-15(22-13)16-6-4-8-20-7-3-5-12(9-20)10-21/h12,21H,3-10H2,1-2H3,(H,16,17)/t12-/m1/s1. The number of piperidine rings is 1. The fourth-order valence-corrected chi connectivity index (χ4v) is 4.12. The average molecular weight is 323 g/mol. The van der Waals surface area contributed by atoms with Crippen LogP contribution in [-0.2, 0) is 7.05 Å². The summed E-state index contributed by atoms with van der Waals surface area (Å²) in [5.41, 5.74) is 2.01. The summed E-state index contributed by atoms with van der Waals surface area (Å²) < 4.78 is 3.02. The van der Waals surface area contributed by atoms with Crippen molar-refractivity contribution in [3.8, 4) is 0 Å². The van der Waals surface area contributed by atoms with E-state index in [4.69, 9.17) is 0 Å². The molecule has 0 aromatic carbocycles. The number of nitrogens with zero attached hydrogens (tertiary/aromatic N) is 4. The van der Waals surface area contributed by atoms with Crippen molar-refractivity contribution in [2.75, 3.05) is 38.1 Å². The lowest BCUT2D eigenvalue weighted by atomic mass is 9.99. The maximum Gasteiger partial charge on any atom is 0.185 e. The van der Waals surface area contributed by atoms with Crippen LogP contribution in [0.2, 0.25) is 0 Å². The Morgan fingerprint density at radius 2 is 2.32 bits per heavy atom. The minimum absolute atomic E-state index is 0.327. The Hall–Kier alpha value is -1.18. The highest BCUT2D eigenvalue weighted by Gasteiger charge is 2.18. The van der Waals surface area contributed by atoms with Gasteiger partial charge in [0.05, 0.1) is 10.4 Å². The summed E-state index contributed by atoms with van der Waals surface area (Å²) in [5, 5.41) is 18.1. The average Bonchev–Trinajstić information content (AvgIpc) is 3.06. The van der Waals surface area contributed by atoms with Gasteiger partial charge in [-0.1, -0.05) is 11.3 Å². The van der Waals surface area contributed by atoms with Crippen LogP contribution in [0, 0.1) is 12.8 Å². The number of nitrogens with one attached hydrogen (secondary N) is 1. The van der Waals surface area contributed by atoms with Gasteiger partial charge in [0, 0.05) is 26.7 Å². The van der Waals surface area contributed by atoms with Crippen LogP contribution in [0.3, 0.4) is 0 Å². The molecule has 7 heteroatoms. The van der Waals surface area contributed by atoms with Gasteiger partial charge in [-0.2, -0.15) is 5.10 Å². The highest BCUT2D eigenvalue weighted by atomic mass is 32.1. The van der Waals surface area contributed by atoms with Gasteiger partial charge < -0.3 is 15.3 Å². The van der Waals surface area contributed by atoms with Crippen LogP contribution < -0.4 is 5.32 Å². The third-order valence-electron chi connectivity index (χ3n) is 4.33. The van der Waals surface area contributed by atoms with Gasteiger partial charge >= 0.3 is 0 Å². The lowest BCUT2D eigenvalue weighted by Crippen LogP contribution is -2.37. The van der Waals surface area contributed by atoms with E-state index >= 15 is 0 Å². The lowest BCUT2D eigenvalue weighted by molar-refractivity contribution is 0.120. The Morgan fingerprint density at radius 1 is 1.45 bits per heavy atom. The molecular weight excluding hydrogens is 298 g/mol. The Bertz CT molecular complexity index is 588. The molecule has 0 aliphatic carbocycles. The molecule has 0 unspecified atom stereocenters. The fraction of sp³-hybridized carbons (Fsp3) is 0.733. The van der Waals surface area contributed by atoms with Gasteiger partial charge in [0.2, 0.25) is 0 Å². The van der Waals surface area contributed by atoms with Crippen LogP contribution in [0.15, 0.2) is 0 Å². The lowest BCUT2D eigenvalue weighted by Gasteiger charge is -2.31. The summed E-state index contributed by atoms with van der Waals surface area (Å²) in [6.45, 7) is 6.60. The number of aromatic nitrogens is 3. The van der Waals surface area contributed by atoms with E-state index in [0.717, 1.165) is 42.5 Å². The molecule has 0 saturated carbocycles. The van der Waals surface area contributed by atoms with Crippen LogP contribution in [0.5, 0.6) is 0 Å². The van der Waals surface area contributed by atoms with Gasteiger partial charge in [-0.3, -0.25) is 0 Å². The summed E-state index contributed by atoms with van der Waals surface area (Å²) in [5.74, 6) is 0.474. The molecule has 2 aromatic heterocycles. The number of thiazole rings is 1. The number of hydrogen-bond donors (Lipinski definition) is 2. The van der Waals surface area contributed by atoms with Crippen LogP contribution in [0.25, 0.3) is 10.3 Å². The third-order valence-corrected chi connectivity index (χ3v) is 5.44. The molecule has 3 rings (SSSR count). The minimum atomic E-state index is 0.327. The number of likely N-dealkylation sites (tertiary alicyclic amines) is 1. The molecule has 0 bridgehead atoms. The quantitative estimate of drug-likeness (QED) is 0.794. The SMILES string of the molecule is Cc1nn(C)c2nc(NCCCN3CCC[C@@H](CO)C3)sc12. The first-order chi connectivity index (χ1) is 10.7. The van der Waals surface area contributed by atoms with E-state index in [0.29, 0.717) is 12.5 Å². The van der Waals surface area contributed by atoms with E-state index in [-0.39, 0.29) is 0 Å². The van der Waals surface area contributed by atoms with Crippen molar-refractivity contribution < 1.29 is 5.11 Å². The van der Waals surface area contributed by atoms with E-state index in [1.165, 1.54) is 24.1 Å². The van der Waals surface area contributed by atoms with Crippen LogP contribution >= 0.6 is 11.3 Å². The topological polar surface area (TPSA) is 66.2 Å². The predicted molar refractivity (Wildman–Crippen MR) is 90.5 cm³/mol. The smallest absolute Gasteiger partial charge is 0.185 e. The van der Waals surface area contributed by atoms with Gasteiger partial charge in [-0.05, 0) is 45.2 Å². The van der Waals surface area contributed by atoms with E-state index in [2.05, 4.69) is 20.3 Å². The zero-order valence-corrected chi connectivity index (χ0v) is 14.2. The Labute approximate surface area is 135 Å². The molecule has 1 fully saturated rings. The molecule has 0 spiro atoms. The Kier molecular flexibility index (Phi) is 4.95. The van der Waals surface area contributed by atoms with Crippen molar-refractivity contribution in [1.29, 1.82) is 0 Å². The van der Waals surface area contributed by atoms with E-state index in [1.54, 1.807) is 11.3 Å². The van der Waals surface area contributed by atoms with Crippen molar-refractivity contribution in [2.45, 2.75) is 26.2 Å². The van der Waals surface area contributed by atoms with Crippen molar-refractivity contribution in [3.05, 3.63) is 5.69 Å². The van der Waals surface area contributed by atoms with Crippen LogP contribution in [-0.4, -0.2) is 57.6 Å². The second-order valence-electron chi connectivity index (χ2n) is 6.15. The molecule has 22 heavy (non-hydrogen) atoms. The number of anilines is 1. The Morgan fingerprint density at radius 3 is 3.09 bits per heavy atom. The van der Waals surface area contributed by atoms with Crippen LogP contribution in [0.1, 0.15) is 25.0 Å². The molecule has 1 saturated heterocycles. The summed E-state index contributed by atoms with van der Waals surface area (Å²) in [6, 6.07) is 0. The zero-order valence-electron chi connectivity index (χ0n) is 13.4. The van der Waals surface area contributed by atoms with Crippen molar-refractivity contribution in [3.63, 3.8) is 0 Å². The molecule has 3 heterocycles. The first kappa shape index (κ1) is 15.7. The molecule has 6 nitrogen and oxygen atoms in total. The largest absolute Gasteiger partial charge is 0.396 e. The molecule has 0 amide bonds. The summed E-state index contributed by atoms with van der Waals surface area (Å²) in [6.07, 6.45) is 3.48. The number of rotatable bonds is 6.